The normalized spacial score (nSPS) is 20.4. The lowest BCUT2D eigenvalue weighted by Crippen LogP contribution is -2.36. The van der Waals surface area contributed by atoms with E-state index >= 15 is 0 Å². The van der Waals surface area contributed by atoms with Gasteiger partial charge in [0.05, 0.1) is 6.61 Å². The maximum absolute atomic E-state index is 13.2. The van der Waals surface area contributed by atoms with Crippen molar-refractivity contribution in [1.82, 2.24) is 14.8 Å². The highest BCUT2D eigenvalue weighted by atomic mass is 79.9. The van der Waals surface area contributed by atoms with Crippen molar-refractivity contribution in [3.63, 3.8) is 0 Å². The summed E-state index contributed by atoms with van der Waals surface area (Å²) in [4.78, 5) is 17.6. The first-order valence-electron chi connectivity index (χ1n) is 9.74. The highest BCUT2D eigenvalue weighted by molar-refractivity contribution is 9.10. The van der Waals surface area contributed by atoms with E-state index in [0.717, 1.165) is 46.3 Å². The van der Waals surface area contributed by atoms with Crippen molar-refractivity contribution in [3.8, 4) is 5.75 Å². The summed E-state index contributed by atoms with van der Waals surface area (Å²) in [5.41, 5.74) is 2.58. The van der Waals surface area contributed by atoms with Gasteiger partial charge in [-0.2, -0.15) is 10.1 Å². The third kappa shape index (κ3) is 3.48. The third-order valence-electron chi connectivity index (χ3n) is 5.30. The third-order valence-corrected chi connectivity index (χ3v) is 5.79. The molecule has 2 heterocycles. The summed E-state index contributed by atoms with van der Waals surface area (Å²) in [6.07, 6.45) is 4.90. The molecule has 4 rings (SSSR count). The van der Waals surface area contributed by atoms with Crippen LogP contribution in [0.5, 0.6) is 5.75 Å². The number of nitrogens with one attached hydrogen (secondary N) is 1. The number of Topliss-reactive ketones (excluding diaryl/α,β-unsaturated/α-hetero) is 1. The van der Waals surface area contributed by atoms with Crippen LogP contribution in [-0.4, -0.2) is 27.2 Å². The molecule has 0 bridgehead atoms. The van der Waals surface area contributed by atoms with Gasteiger partial charge in [-0.1, -0.05) is 43.1 Å². The van der Waals surface area contributed by atoms with Crippen molar-refractivity contribution in [2.24, 2.45) is 5.41 Å². The van der Waals surface area contributed by atoms with E-state index in [1.54, 1.807) is 4.68 Å². The SMILES string of the molecule is CCCCOc1ccc(Br)cc1C1C2=C(CC(C)(C)CC2=O)Nc2ncnn21. The molecule has 6 nitrogen and oxygen atoms in total. The molecule has 0 amide bonds. The number of allylic oxidation sites excluding steroid dienone is 2. The minimum atomic E-state index is -0.341. The van der Waals surface area contributed by atoms with Crippen molar-refractivity contribution >= 4 is 27.7 Å². The second-order valence-corrected chi connectivity index (χ2v) is 9.19. The van der Waals surface area contributed by atoms with Crippen molar-refractivity contribution in [2.45, 2.75) is 52.5 Å². The number of rotatable bonds is 5. The van der Waals surface area contributed by atoms with Crippen LogP contribution < -0.4 is 10.1 Å². The monoisotopic (exact) mass is 444 g/mol. The fourth-order valence-corrected chi connectivity index (χ4v) is 4.41. The quantitative estimate of drug-likeness (QED) is 0.665. The topological polar surface area (TPSA) is 69.0 Å². The standard InChI is InChI=1S/C21H25BrN4O2/c1-4-5-8-28-17-7-6-13(22)9-14(17)19-18-15(10-21(2,3)11-16(18)27)25-20-23-12-24-26(19)20/h6-7,9,12,19H,4-5,8,10-11H2,1-3H3,(H,23,24,25). The Hall–Kier alpha value is -2.15. The van der Waals surface area contributed by atoms with Crippen molar-refractivity contribution in [2.75, 3.05) is 11.9 Å². The van der Waals surface area contributed by atoms with Crippen LogP contribution >= 0.6 is 15.9 Å². The van der Waals surface area contributed by atoms with Crippen molar-refractivity contribution < 1.29 is 9.53 Å². The Balaban J connectivity index is 1.85. The van der Waals surface area contributed by atoms with Gasteiger partial charge in [0.2, 0.25) is 5.95 Å². The second-order valence-electron chi connectivity index (χ2n) is 8.27. The van der Waals surface area contributed by atoms with Crippen LogP contribution in [0.3, 0.4) is 0 Å². The summed E-state index contributed by atoms with van der Waals surface area (Å²) < 4.78 is 8.83. The molecule has 7 heteroatoms. The highest BCUT2D eigenvalue weighted by Crippen LogP contribution is 2.47. The van der Waals surface area contributed by atoms with Crippen LogP contribution in [0.1, 0.15) is 58.1 Å². The lowest BCUT2D eigenvalue weighted by molar-refractivity contribution is -0.118. The van der Waals surface area contributed by atoms with E-state index in [1.165, 1.54) is 6.33 Å². The van der Waals surface area contributed by atoms with Gasteiger partial charge in [0, 0.05) is 27.7 Å². The second kappa shape index (κ2) is 7.35. The van der Waals surface area contributed by atoms with Gasteiger partial charge in [-0.15, -0.1) is 0 Å². The molecule has 1 aliphatic carbocycles. The van der Waals surface area contributed by atoms with Crippen LogP contribution in [0.4, 0.5) is 5.95 Å². The fourth-order valence-electron chi connectivity index (χ4n) is 4.03. The Labute approximate surface area is 173 Å². The van der Waals surface area contributed by atoms with Crippen LogP contribution in [0.2, 0.25) is 0 Å². The van der Waals surface area contributed by atoms with Crippen LogP contribution in [0, 0.1) is 5.41 Å². The summed E-state index contributed by atoms with van der Waals surface area (Å²) in [7, 11) is 0. The maximum Gasteiger partial charge on any atom is 0.226 e. The first-order valence-corrected chi connectivity index (χ1v) is 10.5. The fraction of sp³-hybridized carbons (Fsp3) is 0.476. The number of carbonyl (C=O) groups is 1. The van der Waals surface area contributed by atoms with E-state index < -0.39 is 0 Å². The first-order chi connectivity index (χ1) is 13.4. The Bertz CT molecular complexity index is 948. The Kier molecular flexibility index (Phi) is 5.04. The van der Waals surface area contributed by atoms with Crippen molar-refractivity contribution in [1.29, 1.82) is 0 Å². The molecule has 0 radical (unpaired) electrons. The number of hydrogen-bond donors (Lipinski definition) is 1. The van der Waals surface area contributed by atoms with Crippen LogP contribution in [0.15, 0.2) is 40.3 Å². The van der Waals surface area contributed by atoms with Crippen LogP contribution in [-0.2, 0) is 4.79 Å². The number of ketones is 1. The summed E-state index contributed by atoms with van der Waals surface area (Å²) in [5.74, 6) is 1.60. The minimum absolute atomic E-state index is 0.0760. The zero-order valence-electron chi connectivity index (χ0n) is 16.5. The molecule has 1 aromatic carbocycles. The average molecular weight is 445 g/mol. The zero-order valence-corrected chi connectivity index (χ0v) is 18.0. The van der Waals surface area contributed by atoms with Gasteiger partial charge in [0.1, 0.15) is 18.1 Å². The number of halogens is 1. The number of nitrogens with zero attached hydrogens (tertiary/aromatic N) is 3. The van der Waals surface area contributed by atoms with Crippen LogP contribution in [0.25, 0.3) is 0 Å². The Morgan fingerprint density at radius 1 is 1.36 bits per heavy atom. The van der Waals surface area contributed by atoms with Gasteiger partial charge in [0.15, 0.2) is 5.78 Å². The molecule has 0 spiro atoms. The molecule has 1 atom stereocenters. The Morgan fingerprint density at radius 3 is 2.96 bits per heavy atom. The number of unbranched alkanes of at least 4 members (excludes halogenated alkanes) is 1. The Morgan fingerprint density at radius 2 is 2.18 bits per heavy atom. The van der Waals surface area contributed by atoms with Gasteiger partial charge in [-0.25, -0.2) is 4.68 Å². The van der Waals surface area contributed by atoms with E-state index in [9.17, 15) is 4.79 Å². The van der Waals surface area contributed by atoms with Gasteiger partial charge in [-0.3, -0.25) is 4.79 Å². The number of hydrogen-bond acceptors (Lipinski definition) is 5. The number of anilines is 1. The lowest BCUT2D eigenvalue weighted by atomic mass is 9.73. The maximum atomic E-state index is 13.2. The molecule has 1 aliphatic heterocycles. The number of carbonyl (C=O) groups excluding carboxylic acids is 1. The molecule has 1 N–H and O–H groups in total. The smallest absolute Gasteiger partial charge is 0.226 e. The number of fused-ring (bicyclic) bond motifs is 1. The number of ether oxygens (including phenoxy) is 1. The summed E-state index contributed by atoms with van der Waals surface area (Å²) >= 11 is 3.58. The molecule has 0 saturated carbocycles. The first kappa shape index (κ1) is 19.2. The molecule has 28 heavy (non-hydrogen) atoms. The van der Waals surface area contributed by atoms with E-state index in [4.69, 9.17) is 4.74 Å². The molecule has 1 unspecified atom stereocenters. The van der Waals surface area contributed by atoms with Crippen molar-refractivity contribution in [3.05, 3.63) is 45.8 Å². The molecule has 0 saturated heterocycles. The number of aromatic nitrogens is 3. The molecular weight excluding hydrogens is 420 g/mol. The van der Waals surface area contributed by atoms with Gasteiger partial charge < -0.3 is 10.1 Å². The molecule has 0 fully saturated rings. The number of benzene rings is 1. The van der Waals surface area contributed by atoms with E-state index in [1.807, 2.05) is 18.2 Å². The van der Waals surface area contributed by atoms with E-state index in [0.29, 0.717) is 19.0 Å². The summed E-state index contributed by atoms with van der Waals surface area (Å²) in [5, 5.41) is 7.78. The molecule has 2 aromatic rings. The molecule has 148 valence electrons. The van der Waals surface area contributed by atoms with Gasteiger partial charge in [0.25, 0.3) is 0 Å². The van der Waals surface area contributed by atoms with Gasteiger partial charge in [-0.05, 0) is 36.5 Å². The highest BCUT2D eigenvalue weighted by Gasteiger charge is 2.42. The summed E-state index contributed by atoms with van der Waals surface area (Å²) in [6.45, 7) is 7.04. The van der Waals surface area contributed by atoms with Gasteiger partial charge >= 0.3 is 0 Å². The minimum Gasteiger partial charge on any atom is -0.493 e. The summed E-state index contributed by atoms with van der Waals surface area (Å²) in [6, 6.07) is 5.62. The lowest BCUT2D eigenvalue weighted by Gasteiger charge is -2.38. The van der Waals surface area contributed by atoms with E-state index in [-0.39, 0.29) is 17.2 Å². The largest absolute Gasteiger partial charge is 0.493 e. The predicted octanol–water partition coefficient (Wildman–Crippen LogP) is 4.88. The predicted molar refractivity (Wildman–Crippen MR) is 111 cm³/mol. The molecule has 2 aliphatic rings. The molecule has 1 aromatic heterocycles. The zero-order chi connectivity index (χ0) is 19.9. The van der Waals surface area contributed by atoms with E-state index in [2.05, 4.69) is 52.1 Å². The molecular formula is C21H25BrN4O2. The average Bonchev–Trinajstić information content (AvgIpc) is 3.08.